The number of nitrogens with one attached hydrogen (secondary N) is 2. The molecule has 0 saturated carbocycles. The molecule has 2 N–H and O–H groups in total. The van der Waals surface area contributed by atoms with Crippen molar-refractivity contribution in [1.82, 2.24) is 15.1 Å². The molecule has 1 aromatic heterocycles. The predicted octanol–water partition coefficient (Wildman–Crippen LogP) is 0.179. The van der Waals surface area contributed by atoms with Crippen molar-refractivity contribution < 1.29 is 13.2 Å². The minimum atomic E-state index is -3.38. The van der Waals surface area contributed by atoms with Crippen molar-refractivity contribution in [2.45, 2.75) is 31.1 Å². The van der Waals surface area contributed by atoms with Gasteiger partial charge in [0.25, 0.3) is 0 Å². The zero-order valence-corrected chi connectivity index (χ0v) is 12.5. The highest BCUT2D eigenvalue weighted by molar-refractivity contribution is 7.92. The van der Waals surface area contributed by atoms with Gasteiger partial charge in [-0.1, -0.05) is 0 Å². The second-order valence-corrected chi connectivity index (χ2v) is 7.52. The molecule has 0 aliphatic carbocycles. The molecule has 20 heavy (non-hydrogen) atoms. The van der Waals surface area contributed by atoms with E-state index in [0.29, 0.717) is 11.7 Å². The van der Waals surface area contributed by atoms with E-state index in [1.54, 1.807) is 12.4 Å². The van der Waals surface area contributed by atoms with Gasteiger partial charge in [0, 0.05) is 12.5 Å². The molecular weight excluding hydrogens is 280 g/mol. The molecule has 7 nitrogen and oxygen atoms in total. The second-order valence-electron chi connectivity index (χ2n) is 5.15. The highest BCUT2D eigenvalue weighted by atomic mass is 32.2. The molecule has 1 fully saturated rings. The number of aromatic nitrogens is 2. The third-order valence-electron chi connectivity index (χ3n) is 3.56. The molecule has 0 bridgehead atoms. The lowest BCUT2D eigenvalue weighted by atomic mass is 10.1. The van der Waals surface area contributed by atoms with Crippen LogP contribution in [0.1, 0.15) is 25.8 Å². The van der Waals surface area contributed by atoms with Crippen LogP contribution in [0.4, 0.5) is 5.69 Å². The van der Waals surface area contributed by atoms with Gasteiger partial charge in [-0.2, -0.15) is 5.10 Å². The summed E-state index contributed by atoms with van der Waals surface area (Å²) in [5.41, 5.74) is 0.532. The largest absolute Gasteiger partial charge is 0.322 e. The van der Waals surface area contributed by atoms with Crippen LogP contribution in [0, 0.1) is 0 Å². The van der Waals surface area contributed by atoms with Crippen LogP contribution >= 0.6 is 0 Å². The van der Waals surface area contributed by atoms with E-state index in [9.17, 15) is 13.2 Å². The van der Waals surface area contributed by atoms with Crippen molar-refractivity contribution in [3.8, 4) is 0 Å². The van der Waals surface area contributed by atoms with Gasteiger partial charge in [0.1, 0.15) is 5.25 Å². The summed E-state index contributed by atoms with van der Waals surface area (Å²) in [6.45, 7) is 3.29. The van der Waals surface area contributed by atoms with Gasteiger partial charge in [0.2, 0.25) is 5.91 Å². The van der Waals surface area contributed by atoms with Crippen molar-refractivity contribution in [3.63, 3.8) is 0 Å². The highest BCUT2D eigenvalue weighted by Crippen LogP contribution is 2.19. The number of hydrogen-bond donors (Lipinski definition) is 2. The predicted molar refractivity (Wildman–Crippen MR) is 76.3 cm³/mol. The number of amides is 1. The van der Waals surface area contributed by atoms with Gasteiger partial charge in [-0.3, -0.25) is 9.48 Å². The van der Waals surface area contributed by atoms with E-state index in [-0.39, 0.29) is 0 Å². The molecule has 1 aromatic rings. The molecule has 2 heterocycles. The monoisotopic (exact) mass is 300 g/mol. The Hall–Kier alpha value is -1.41. The Bertz CT molecular complexity index is 575. The fourth-order valence-electron chi connectivity index (χ4n) is 2.11. The average molecular weight is 300 g/mol. The number of carbonyl (C=O) groups is 1. The standard InChI is InChI=1S/C12H20N4O3S/c1-9(20(2,18)19)12(17)15-10-7-14-16(8-10)11-3-5-13-6-4-11/h7-9,11,13H,3-6H2,1-2H3,(H,15,17). The first-order chi connectivity index (χ1) is 9.38. The lowest BCUT2D eigenvalue weighted by Gasteiger charge is -2.22. The second kappa shape index (κ2) is 5.92. The van der Waals surface area contributed by atoms with Crippen molar-refractivity contribution in [1.29, 1.82) is 0 Å². The number of rotatable bonds is 4. The number of sulfone groups is 1. The maximum Gasteiger partial charge on any atom is 0.242 e. The van der Waals surface area contributed by atoms with Crippen LogP contribution in [0.5, 0.6) is 0 Å². The van der Waals surface area contributed by atoms with Crippen LogP contribution in [0.25, 0.3) is 0 Å². The van der Waals surface area contributed by atoms with Gasteiger partial charge in [0.15, 0.2) is 9.84 Å². The molecule has 1 aliphatic rings. The Morgan fingerprint density at radius 1 is 1.50 bits per heavy atom. The summed E-state index contributed by atoms with van der Waals surface area (Å²) in [5, 5.41) is 9.04. The van der Waals surface area contributed by atoms with Crippen LogP contribution in [0.2, 0.25) is 0 Å². The molecule has 1 saturated heterocycles. The van der Waals surface area contributed by atoms with Crippen LogP contribution in [0.15, 0.2) is 12.4 Å². The summed E-state index contributed by atoms with van der Waals surface area (Å²) in [5.74, 6) is -0.530. The maximum atomic E-state index is 11.8. The van der Waals surface area contributed by atoms with Crippen molar-refractivity contribution in [2.24, 2.45) is 0 Å². The van der Waals surface area contributed by atoms with Gasteiger partial charge in [-0.15, -0.1) is 0 Å². The summed E-state index contributed by atoms with van der Waals surface area (Å²) in [4.78, 5) is 11.8. The summed E-state index contributed by atoms with van der Waals surface area (Å²) in [7, 11) is -3.38. The maximum absolute atomic E-state index is 11.8. The third-order valence-corrected chi connectivity index (χ3v) is 5.06. The minimum absolute atomic E-state index is 0.328. The molecule has 1 amide bonds. The molecule has 0 radical (unpaired) electrons. The number of piperidine rings is 1. The Kier molecular flexibility index (Phi) is 4.44. The van der Waals surface area contributed by atoms with Gasteiger partial charge < -0.3 is 10.6 Å². The third kappa shape index (κ3) is 3.57. The topological polar surface area (TPSA) is 93.1 Å². The lowest BCUT2D eigenvalue weighted by Crippen LogP contribution is -2.31. The van der Waals surface area contributed by atoms with E-state index in [2.05, 4.69) is 15.7 Å². The van der Waals surface area contributed by atoms with Crippen molar-refractivity contribution in [2.75, 3.05) is 24.7 Å². The summed E-state index contributed by atoms with van der Waals surface area (Å²) >= 11 is 0. The zero-order valence-electron chi connectivity index (χ0n) is 11.7. The Labute approximate surface area is 118 Å². The van der Waals surface area contributed by atoms with E-state index in [1.165, 1.54) is 6.92 Å². The van der Waals surface area contributed by atoms with Gasteiger partial charge in [-0.05, 0) is 32.9 Å². The van der Waals surface area contributed by atoms with E-state index in [0.717, 1.165) is 32.2 Å². The van der Waals surface area contributed by atoms with E-state index >= 15 is 0 Å². The number of hydrogen-bond acceptors (Lipinski definition) is 5. The van der Waals surface area contributed by atoms with Crippen molar-refractivity contribution in [3.05, 3.63) is 12.4 Å². The average Bonchev–Trinajstić information content (AvgIpc) is 2.86. The Morgan fingerprint density at radius 2 is 2.15 bits per heavy atom. The van der Waals surface area contributed by atoms with Gasteiger partial charge in [-0.25, -0.2) is 8.42 Å². The fourth-order valence-corrected chi connectivity index (χ4v) is 2.56. The van der Waals surface area contributed by atoms with Gasteiger partial charge >= 0.3 is 0 Å². The SMILES string of the molecule is CC(C(=O)Nc1cnn(C2CCNCC2)c1)S(C)(=O)=O. The first-order valence-corrected chi connectivity index (χ1v) is 8.58. The van der Waals surface area contributed by atoms with E-state index in [1.807, 2.05) is 4.68 Å². The van der Waals surface area contributed by atoms with Crippen molar-refractivity contribution >= 4 is 21.4 Å². The van der Waals surface area contributed by atoms with Crippen LogP contribution in [-0.2, 0) is 14.6 Å². The molecule has 0 spiro atoms. The molecule has 1 aliphatic heterocycles. The molecule has 0 aromatic carbocycles. The molecule has 1 atom stereocenters. The normalized spacial score (nSPS) is 18.7. The number of nitrogens with zero attached hydrogens (tertiary/aromatic N) is 2. The highest BCUT2D eigenvalue weighted by Gasteiger charge is 2.24. The summed E-state index contributed by atoms with van der Waals surface area (Å²) in [6, 6.07) is 0.328. The van der Waals surface area contributed by atoms with Crippen LogP contribution in [0.3, 0.4) is 0 Å². The molecule has 8 heteroatoms. The number of anilines is 1. The molecule has 1 unspecified atom stereocenters. The first-order valence-electron chi connectivity index (χ1n) is 6.62. The zero-order chi connectivity index (χ0) is 14.8. The molecular formula is C12H20N4O3S. The van der Waals surface area contributed by atoms with Gasteiger partial charge in [0.05, 0.1) is 17.9 Å². The quantitative estimate of drug-likeness (QED) is 0.827. The fraction of sp³-hybridized carbons (Fsp3) is 0.667. The first kappa shape index (κ1) is 15.0. The minimum Gasteiger partial charge on any atom is -0.322 e. The molecule has 2 rings (SSSR count). The summed E-state index contributed by atoms with van der Waals surface area (Å²) in [6.07, 6.45) is 6.34. The van der Waals surface area contributed by atoms with E-state index < -0.39 is 21.0 Å². The van der Waals surface area contributed by atoms with Crippen LogP contribution in [-0.4, -0.2) is 48.7 Å². The number of carbonyl (C=O) groups excluding carboxylic acids is 1. The van der Waals surface area contributed by atoms with Crippen LogP contribution < -0.4 is 10.6 Å². The summed E-state index contributed by atoms with van der Waals surface area (Å²) < 4.78 is 24.5. The Morgan fingerprint density at radius 3 is 2.75 bits per heavy atom. The van der Waals surface area contributed by atoms with E-state index in [4.69, 9.17) is 0 Å². The Balaban J connectivity index is 2.00. The lowest BCUT2D eigenvalue weighted by molar-refractivity contribution is -0.115. The smallest absolute Gasteiger partial charge is 0.242 e. The molecule has 112 valence electrons.